The molecule has 0 bridgehead atoms. The SMILES string of the molecule is O=C(c1cc(C2CC2)nc2ccccc12)N1CCC[C@@H]1c1nc2ccccc2s1. The molecule has 29 heavy (non-hydrogen) atoms. The molecule has 6 rings (SSSR count). The molecule has 0 spiro atoms. The summed E-state index contributed by atoms with van der Waals surface area (Å²) in [5.74, 6) is 0.636. The average Bonchev–Trinajstić information content (AvgIpc) is 3.33. The van der Waals surface area contributed by atoms with E-state index in [0.29, 0.717) is 5.92 Å². The predicted octanol–water partition coefficient (Wildman–Crippen LogP) is 5.70. The fraction of sp³-hybridized carbons (Fsp3) is 0.292. The first-order valence-corrected chi connectivity index (χ1v) is 11.2. The van der Waals surface area contributed by atoms with Gasteiger partial charge in [-0.25, -0.2) is 4.98 Å². The second-order valence-corrected chi connectivity index (χ2v) is 9.12. The summed E-state index contributed by atoms with van der Waals surface area (Å²) < 4.78 is 1.19. The standard InChI is InChI=1S/C24H21N3OS/c28-24(17-14-20(15-11-12-15)25-18-7-2-1-6-16(17)18)27-13-5-9-21(27)23-26-19-8-3-4-10-22(19)29-23/h1-4,6-8,10,14-15,21H,5,9,11-13H2/t21-/m1/s1. The summed E-state index contributed by atoms with van der Waals surface area (Å²) in [4.78, 5) is 25.5. The molecule has 0 radical (unpaired) electrons. The largest absolute Gasteiger partial charge is 0.329 e. The lowest BCUT2D eigenvalue weighted by molar-refractivity contribution is 0.0737. The minimum Gasteiger partial charge on any atom is -0.329 e. The van der Waals surface area contributed by atoms with Crippen molar-refractivity contribution in [3.8, 4) is 0 Å². The normalized spacial score (nSPS) is 19.3. The quantitative estimate of drug-likeness (QED) is 0.444. The molecule has 2 aromatic carbocycles. The molecule has 1 aliphatic carbocycles. The molecule has 4 aromatic rings. The molecule has 1 amide bonds. The van der Waals surface area contributed by atoms with Crippen LogP contribution in [-0.4, -0.2) is 27.3 Å². The number of thiazole rings is 1. The highest BCUT2D eigenvalue weighted by Gasteiger charge is 2.34. The number of hydrogen-bond acceptors (Lipinski definition) is 4. The molecule has 5 heteroatoms. The van der Waals surface area contributed by atoms with Crippen molar-refractivity contribution in [3.05, 3.63) is 70.9 Å². The molecule has 1 atom stereocenters. The monoisotopic (exact) mass is 399 g/mol. The Bertz CT molecular complexity index is 1210. The van der Waals surface area contributed by atoms with Gasteiger partial charge in [-0.2, -0.15) is 0 Å². The first-order chi connectivity index (χ1) is 14.3. The molecule has 0 N–H and O–H groups in total. The average molecular weight is 400 g/mol. The number of nitrogens with zero attached hydrogens (tertiary/aromatic N) is 3. The van der Waals surface area contributed by atoms with Crippen molar-refractivity contribution in [3.63, 3.8) is 0 Å². The molecule has 1 aliphatic heterocycles. The van der Waals surface area contributed by atoms with Crippen LogP contribution >= 0.6 is 11.3 Å². The van der Waals surface area contributed by atoms with E-state index in [2.05, 4.69) is 18.2 Å². The van der Waals surface area contributed by atoms with Crippen LogP contribution in [-0.2, 0) is 0 Å². The van der Waals surface area contributed by atoms with E-state index in [9.17, 15) is 4.79 Å². The molecule has 0 unspecified atom stereocenters. The van der Waals surface area contributed by atoms with E-state index < -0.39 is 0 Å². The highest BCUT2D eigenvalue weighted by molar-refractivity contribution is 7.18. The third-order valence-corrected chi connectivity index (χ3v) is 7.21. The third kappa shape index (κ3) is 2.92. The zero-order chi connectivity index (χ0) is 19.4. The Balaban J connectivity index is 1.42. The van der Waals surface area contributed by atoms with Crippen LogP contribution < -0.4 is 0 Å². The number of aromatic nitrogens is 2. The molecule has 4 nitrogen and oxygen atoms in total. The van der Waals surface area contributed by atoms with Gasteiger partial charge in [0.1, 0.15) is 5.01 Å². The summed E-state index contributed by atoms with van der Waals surface area (Å²) in [7, 11) is 0. The van der Waals surface area contributed by atoms with Gasteiger partial charge < -0.3 is 4.90 Å². The fourth-order valence-corrected chi connectivity index (χ4v) is 5.53. The summed E-state index contributed by atoms with van der Waals surface area (Å²) in [6, 6.07) is 18.4. The van der Waals surface area contributed by atoms with Crippen LogP contribution in [0.5, 0.6) is 0 Å². The van der Waals surface area contributed by atoms with E-state index >= 15 is 0 Å². The minimum absolute atomic E-state index is 0.0659. The van der Waals surface area contributed by atoms with Gasteiger partial charge in [0.05, 0.1) is 27.3 Å². The number of hydrogen-bond donors (Lipinski definition) is 0. The highest BCUT2D eigenvalue weighted by Crippen LogP contribution is 2.41. The maximum Gasteiger partial charge on any atom is 0.255 e. The van der Waals surface area contributed by atoms with Crippen molar-refractivity contribution in [1.82, 2.24) is 14.9 Å². The number of para-hydroxylation sites is 2. The van der Waals surface area contributed by atoms with E-state index in [1.54, 1.807) is 11.3 Å². The van der Waals surface area contributed by atoms with Gasteiger partial charge >= 0.3 is 0 Å². The van der Waals surface area contributed by atoms with Crippen molar-refractivity contribution in [2.24, 2.45) is 0 Å². The van der Waals surface area contributed by atoms with Crippen molar-refractivity contribution in [2.45, 2.75) is 37.6 Å². The zero-order valence-corrected chi connectivity index (χ0v) is 16.9. The third-order valence-electron chi connectivity index (χ3n) is 6.07. The van der Waals surface area contributed by atoms with Gasteiger partial charge in [0.15, 0.2) is 0 Å². The maximum atomic E-state index is 13.7. The number of likely N-dealkylation sites (tertiary alicyclic amines) is 1. The second kappa shape index (κ2) is 6.63. The van der Waals surface area contributed by atoms with Crippen molar-refractivity contribution in [1.29, 1.82) is 0 Å². The first kappa shape index (κ1) is 17.1. The van der Waals surface area contributed by atoms with Gasteiger partial charge in [0, 0.05) is 23.5 Å². The summed E-state index contributed by atoms with van der Waals surface area (Å²) in [6.07, 6.45) is 4.35. The van der Waals surface area contributed by atoms with Crippen LogP contribution in [0, 0.1) is 0 Å². The van der Waals surface area contributed by atoms with Crippen LogP contribution in [0.25, 0.3) is 21.1 Å². The number of carbonyl (C=O) groups is 1. The zero-order valence-electron chi connectivity index (χ0n) is 16.0. The number of benzene rings is 2. The van der Waals surface area contributed by atoms with Crippen molar-refractivity contribution < 1.29 is 4.79 Å². The summed E-state index contributed by atoms with van der Waals surface area (Å²) in [6.45, 7) is 0.787. The minimum atomic E-state index is 0.0659. The molecule has 2 aromatic heterocycles. The second-order valence-electron chi connectivity index (χ2n) is 8.06. The molecule has 1 saturated carbocycles. The van der Waals surface area contributed by atoms with Gasteiger partial charge in [0.25, 0.3) is 5.91 Å². The Morgan fingerprint density at radius 3 is 2.59 bits per heavy atom. The van der Waals surface area contributed by atoms with Gasteiger partial charge in [-0.15, -0.1) is 11.3 Å². The Hall–Kier alpha value is -2.79. The molecule has 3 heterocycles. The number of amides is 1. The Morgan fingerprint density at radius 2 is 1.76 bits per heavy atom. The maximum absolute atomic E-state index is 13.7. The summed E-state index contributed by atoms with van der Waals surface area (Å²) in [5, 5.41) is 2.01. The van der Waals surface area contributed by atoms with E-state index in [1.807, 2.05) is 41.3 Å². The summed E-state index contributed by atoms with van der Waals surface area (Å²) in [5.41, 5.74) is 3.82. The highest BCUT2D eigenvalue weighted by atomic mass is 32.1. The van der Waals surface area contributed by atoms with Gasteiger partial charge in [-0.05, 0) is 49.9 Å². The van der Waals surface area contributed by atoms with Crippen LogP contribution in [0.1, 0.15) is 58.7 Å². The van der Waals surface area contributed by atoms with E-state index in [-0.39, 0.29) is 11.9 Å². The fourth-order valence-electron chi connectivity index (χ4n) is 4.41. The molecule has 2 fully saturated rings. The van der Waals surface area contributed by atoms with Gasteiger partial charge in [-0.1, -0.05) is 30.3 Å². The topological polar surface area (TPSA) is 46.1 Å². The Morgan fingerprint density at radius 1 is 0.966 bits per heavy atom. The van der Waals surface area contributed by atoms with Crippen LogP contribution in [0.15, 0.2) is 54.6 Å². The molecule has 2 aliphatic rings. The number of carbonyl (C=O) groups excluding carboxylic acids is 1. The van der Waals surface area contributed by atoms with E-state index in [0.717, 1.165) is 52.1 Å². The van der Waals surface area contributed by atoms with E-state index in [4.69, 9.17) is 9.97 Å². The molecule has 1 saturated heterocycles. The molecular weight excluding hydrogens is 378 g/mol. The van der Waals surface area contributed by atoms with Crippen molar-refractivity contribution in [2.75, 3.05) is 6.54 Å². The predicted molar refractivity (Wildman–Crippen MR) is 116 cm³/mol. The lowest BCUT2D eigenvalue weighted by Crippen LogP contribution is -2.30. The Kier molecular flexibility index (Phi) is 3.91. The number of pyridine rings is 1. The van der Waals surface area contributed by atoms with Gasteiger partial charge in [-0.3, -0.25) is 9.78 Å². The molecular formula is C24H21N3OS. The lowest BCUT2D eigenvalue weighted by atomic mass is 10.0. The van der Waals surface area contributed by atoms with Crippen LogP contribution in [0.3, 0.4) is 0 Å². The van der Waals surface area contributed by atoms with E-state index in [1.165, 1.54) is 17.5 Å². The smallest absolute Gasteiger partial charge is 0.255 e. The summed E-state index contributed by atoms with van der Waals surface area (Å²) >= 11 is 1.72. The molecule has 144 valence electrons. The number of fused-ring (bicyclic) bond motifs is 2. The first-order valence-electron chi connectivity index (χ1n) is 10.3. The lowest BCUT2D eigenvalue weighted by Gasteiger charge is -2.24. The van der Waals surface area contributed by atoms with Crippen LogP contribution in [0.2, 0.25) is 0 Å². The van der Waals surface area contributed by atoms with Gasteiger partial charge in [0.2, 0.25) is 0 Å². The van der Waals surface area contributed by atoms with Crippen molar-refractivity contribution >= 4 is 38.4 Å². The Labute approximate surface area is 173 Å². The number of rotatable bonds is 3. The van der Waals surface area contributed by atoms with Crippen LogP contribution in [0.4, 0.5) is 0 Å².